The number of carbonyl (C=O) groups is 5. The van der Waals surface area contributed by atoms with Crippen LogP contribution in [0.25, 0.3) is 0 Å². The van der Waals surface area contributed by atoms with Gasteiger partial charge in [-0.25, -0.2) is 24.0 Å². The molecule has 0 bridgehead atoms. The Morgan fingerprint density at radius 2 is 1.45 bits per heavy atom. The molecule has 4 aliphatic carbocycles. The summed E-state index contributed by atoms with van der Waals surface area (Å²) < 4.78 is 15.9. The molecular formula is C48H58O10. The van der Waals surface area contributed by atoms with E-state index in [1.165, 1.54) is 74.4 Å². The molecule has 10 nitrogen and oxygen atoms in total. The maximum atomic E-state index is 13.8. The van der Waals surface area contributed by atoms with Crippen LogP contribution >= 0.6 is 0 Å². The van der Waals surface area contributed by atoms with Crippen LogP contribution in [0.4, 0.5) is 0 Å². The minimum atomic E-state index is -0.760. The van der Waals surface area contributed by atoms with Crippen LogP contribution in [0.5, 0.6) is 5.75 Å². The van der Waals surface area contributed by atoms with Crippen LogP contribution in [0.15, 0.2) is 48.0 Å². The van der Waals surface area contributed by atoms with E-state index in [1.807, 2.05) is 0 Å². The summed E-state index contributed by atoms with van der Waals surface area (Å²) in [4.78, 5) is 74.5. The molecule has 6 aliphatic rings. The Morgan fingerprint density at radius 3 is 2.16 bits per heavy atom. The van der Waals surface area contributed by atoms with Crippen LogP contribution in [-0.4, -0.2) is 42.6 Å². The number of rotatable bonds is 11. The van der Waals surface area contributed by atoms with Gasteiger partial charge >= 0.3 is 29.8 Å². The highest BCUT2D eigenvalue weighted by molar-refractivity contribution is 6.16. The number of allylic oxidation sites excluding steroid dienone is 2. The molecule has 0 spiro atoms. The van der Waals surface area contributed by atoms with Gasteiger partial charge in [0.1, 0.15) is 6.10 Å². The second kappa shape index (κ2) is 15.1. The second-order valence-corrected chi connectivity index (χ2v) is 19.7. The molecule has 10 atom stereocenters. The predicted octanol–water partition coefficient (Wildman–Crippen LogP) is 10.1. The molecule has 4 fully saturated rings. The van der Waals surface area contributed by atoms with Crippen LogP contribution in [0.2, 0.25) is 0 Å². The SMILES string of the molecule is CC(C)=CCCCC(C)C1CCC2C3CC(COOc4ccc5c(c4)C(=O)OC5=O)C4C(C)(C)C(OC(=O)c5ccc6c(c5)C(=O)OC6=O)CCC4(C)C3CCC12C. The Hall–Kier alpha value is -4.31. The summed E-state index contributed by atoms with van der Waals surface area (Å²) >= 11 is 0. The first-order valence-corrected chi connectivity index (χ1v) is 21.5. The average Bonchev–Trinajstić information content (AvgIpc) is 3.78. The first kappa shape index (κ1) is 40.5. The van der Waals surface area contributed by atoms with Gasteiger partial charge in [-0.05, 0) is 160 Å². The second-order valence-electron chi connectivity index (χ2n) is 19.7. The molecule has 58 heavy (non-hydrogen) atoms. The highest BCUT2D eigenvalue weighted by Gasteiger charge is 2.66. The third-order valence-corrected chi connectivity index (χ3v) is 16.0. The Labute approximate surface area is 341 Å². The first-order chi connectivity index (χ1) is 27.5. The molecule has 4 saturated carbocycles. The van der Waals surface area contributed by atoms with Crippen molar-refractivity contribution in [2.75, 3.05) is 6.61 Å². The lowest BCUT2D eigenvalue weighted by molar-refractivity contribution is -0.258. The summed E-state index contributed by atoms with van der Waals surface area (Å²) in [5.41, 5.74) is 1.98. The van der Waals surface area contributed by atoms with E-state index in [-0.39, 0.29) is 50.5 Å². The normalized spacial score (nSPS) is 33.5. The number of esters is 5. The van der Waals surface area contributed by atoms with Crippen molar-refractivity contribution in [3.8, 4) is 5.75 Å². The topological polar surface area (TPSA) is 132 Å². The fourth-order valence-electron chi connectivity index (χ4n) is 13.6. The molecule has 2 aliphatic heterocycles. The number of hydrogen-bond donors (Lipinski definition) is 0. The summed E-state index contributed by atoms with van der Waals surface area (Å²) in [5.74, 6) is 0.199. The summed E-state index contributed by atoms with van der Waals surface area (Å²) in [6.07, 6.45) is 13.1. The van der Waals surface area contributed by atoms with Crippen molar-refractivity contribution in [3.05, 3.63) is 75.9 Å². The largest absolute Gasteiger partial charge is 0.458 e. The Morgan fingerprint density at radius 1 is 0.810 bits per heavy atom. The van der Waals surface area contributed by atoms with Gasteiger partial charge in [-0.1, -0.05) is 52.7 Å². The number of cyclic esters (lactones) is 4. The van der Waals surface area contributed by atoms with Gasteiger partial charge in [0, 0.05) is 5.41 Å². The molecule has 8 rings (SSSR count). The quantitative estimate of drug-likeness (QED) is 0.0412. The van der Waals surface area contributed by atoms with Gasteiger partial charge in [-0.3, -0.25) is 0 Å². The van der Waals surface area contributed by atoms with E-state index >= 15 is 0 Å². The fourth-order valence-corrected chi connectivity index (χ4v) is 13.6. The smallest absolute Gasteiger partial charge is 0.347 e. The van der Waals surface area contributed by atoms with Crippen LogP contribution in [0, 0.1) is 57.7 Å². The van der Waals surface area contributed by atoms with Crippen LogP contribution in [-0.2, 0) is 19.1 Å². The number of benzene rings is 2. The Kier molecular flexibility index (Phi) is 10.5. The van der Waals surface area contributed by atoms with E-state index in [4.69, 9.17) is 24.0 Å². The van der Waals surface area contributed by atoms with Crippen molar-refractivity contribution in [1.82, 2.24) is 0 Å². The van der Waals surface area contributed by atoms with Crippen molar-refractivity contribution in [1.29, 1.82) is 0 Å². The van der Waals surface area contributed by atoms with Gasteiger partial charge in [-0.2, -0.15) is 4.89 Å². The number of fused-ring (bicyclic) bond motifs is 7. The zero-order valence-corrected chi connectivity index (χ0v) is 35.0. The molecule has 0 radical (unpaired) electrons. The number of ether oxygens (including phenoxy) is 3. The molecule has 0 N–H and O–H groups in total. The van der Waals surface area contributed by atoms with E-state index in [2.05, 4.69) is 54.5 Å². The summed E-state index contributed by atoms with van der Waals surface area (Å²) in [6.45, 7) is 16.7. The van der Waals surface area contributed by atoms with Crippen molar-refractivity contribution >= 4 is 29.8 Å². The molecule has 0 aromatic heterocycles. The van der Waals surface area contributed by atoms with Gasteiger partial charge < -0.3 is 19.1 Å². The lowest BCUT2D eigenvalue weighted by Gasteiger charge is -2.67. The van der Waals surface area contributed by atoms with Gasteiger partial charge in [0.05, 0.1) is 34.4 Å². The van der Waals surface area contributed by atoms with Crippen LogP contribution in [0.3, 0.4) is 0 Å². The minimum absolute atomic E-state index is 0.0475. The predicted molar refractivity (Wildman–Crippen MR) is 214 cm³/mol. The zero-order valence-electron chi connectivity index (χ0n) is 35.0. The minimum Gasteiger partial charge on any atom is -0.458 e. The lowest BCUT2D eigenvalue weighted by Crippen LogP contribution is -2.63. The van der Waals surface area contributed by atoms with E-state index in [9.17, 15) is 24.0 Å². The summed E-state index contributed by atoms with van der Waals surface area (Å²) in [7, 11) is 0. The van der Waals surface area contributed by atoms with E-state index in [0.29, 0.717) is 48.4 Å². The first-order valence-electron chi connectivity index (χ1n) is 21.5. The number of hydrogen-bond acceptors (Lipinski definition) is 10. The highest BCUT2D eigenvalue weighted by atomic mass is 17.2. The van der Waals surface area contributed by atoms with Crippen molar-refractivity contribution in [2.24, 2.45) is 57.7 Å². The molecular weight excluding hydrogens is 737 g/mol. The van der Waals surface area contributed by atoms with Crippen molar-refractivity contribution in [2.45, 2.75) is 119 Å². The molecule has 0 amide bonds. The van der Waals surface area contributed by atoms with Crippen LogP contribution in [0.1, 0.15) is 164 Å². The number of unbranched alkanes of at least 4 members (excludes halogenated alkanes) is 1. The highest BCUT2D eigenvalue weighted by Crippen LogP contribution is 2.71. The van der Waals surface area contributed by atoms with E-state index in [0.717, 1.165) is 19.3 Å². The van der Waals surface area contributed by atoms with Gasteiger partial charge in [0.2, 0.25) is 0 Å². The molecule has 310 valence electrons. The zero-order chi connectivity index (χ0) is 41.3. The monoisotopic (exact) mass is 794 g/mol. The molecule has 2 heterocycles. The summed E-state index contributed by atoms with van der Waals surface area (Å²) in [6, 6.07) is 9.00. The van der Waals surface area contributed by atoms with Crippen LogP contribution < -0.4 is 4.89 Å². The van der Waals surface area contributed by atoms with Gasteiger partial charge in [-0.15, -0.1) is 0 Å². The van der Waals surface area contributed by atoms with Crippen molar-refractivity contribution in [3.63, 3.8) is 0 Å². The van der Waals surface area contributed by atoms with E-state index in [1.54, 1.807) is 6.07 Å². The number of carbonyl (C=O) groups excluding carboxylic acids is 5. The van der Waals surface area contributed by atoms with Crippen molar-refractivity contribution < 1.29 is 48.0 Å². The molecule has 10 heteroatoms. The summed E-state index contributed by atoms with van der Waals surface area (Å²) in [5, 5.41) is 0. The maximum Gasteiger partial charge on any atom is 0.347 e. The van der Waals surface area contributed by atoms with Gasteiger partial charge in [0.25, 0.3) is 0 Å². The molecule has 2 aromatic carbocycles. The Bertz CT molecular complexity index is 2060. The third-order valence-electron chi connectivity index (χ3n) is 16.0. The molecule has 2 aromatic rings. The maximum absolute atomic E-state index is 13.8. The molecule has 0 saturated heterocycles. The average molecular weight is 795 g/mol. The van der Waals surface area contributed by atoms with Gasteiger partial charge in [0.15, 0.2) is 5.75 Å². The molecule has 10 unspecified atom stereocenters. The Balaban J connectivity index is 1.05. The van der Waals surface area contributed by atoms with E-state index < -0.39 is 41.4 Å². The lowest BCUT2D eigenvalue weighted by atomic mass is 9.39. The standard InChI is InChI=1S/C48H58O10/c1-26(2)10-8-9-11-27(3)36-16-17-37-35-23-29(25-54-58-30-13-15-32-34(24-30)45(53)57-43(32)51)40-46(4,5)39(19-21-48(40,7)38(35)18-20-47(36,37)6)55-41(49)28-12-14-31-33(22-28)44(52)56-42(31)50/h10,12-15,22,24,27,29,35-40H,8-9,11,16-21,23,25H2,1-7H3. The fraction of sp³-hybridized carbons (Fsp3) is 0.604. The third kappa shape index (κ3) is 6.81.